The predicted molar refractivity (Wildman–Crippen MR) is 73.1 cm³/mol. The van der Waals surface area contributed by atoms with E-state index < -0.39 is 0 Å². The van der Waals surface area contributed by atoms with Crippen molar-refractivity contribution in [3.63, 3.8) is 0 Å². The van der Waals surface area contributed by atoms with Crippen molar-refractivity contribution in [2.75, 3.05) is 7.05 Å². The van der Waals surface area contributed by atoms with Crippen LogP contribution in [0.15, 0.2) is 18.2 Å². The average molecular weight is 246 g/mol. The highest BCUT2D eigenvalue weighted by atomic mass is 16.2. The van der Waals surface area contributed by atoms with Crippen LogP contribution in [0.1, 0.15) is 49.3 Å². The number of rotatable bonds is 3. The topological polar surface area (TPSA) is 46.3 Å². The van der Waals surface area contributed by atoms with Crippen molar-refractivity contribution in [2.45, 2.75) is 44.9 Å². The maximum Gasteiger partial charge on any atom is 0.246 e. The molecule has 0 bridgehead atoms. The minimum Gasteiger partial charge on any atom is -0.283 e. The number of hydrazine groups is 1. The fourth-order valence-corrected chi connectivity index (χ4v) is 2.58. The first kappa shape index (κ1) is 13.1. The summed E-state index contributed by atoms with van der Waals surface area (Å²) in [4.78, 5) is 12.3. The summed E-state index contributed by atoms with van der Waals surface area (Å²) < 4.78 is 0. The standard InChI is InChI=1S/C15H22N2O/c1-10(2)12-6-5-11(3)13(9-12)15(7-8-15)14(18)17(4)16/h5-6,9-10H,7-8,16H2,1-4H3. The van der Waals surface area contributed by atoms with Crippen LogP contribution in [-0.4, -0.2) is 18.0 Å². The maximum absolute atomic E-state index is 12.3. The first-order chi connectivity index (χ1) is 8.38. The highest BCUT2D eigenvalue weighted by Gasteiger charge is 2.53. The molecule has 1 saturated carbocycles. The Morgan fingerprint density at radius 1 is 1.39 bits per heavy atom. The zero-order valence-corrected chi connectivity index (χ0v) is 11.7. The lowest BCUT2D eigenvalue weighted by molar-refractivity contribution is -0.132. The summed E-state index contributed by atoms with van der Waals surface area (Å²) in [5, 5.41) is 1.23. The van der Waals surface area contributed by atoms with E-state index in [1.54, 1.807) is 7.05 Å². The van der Waals surface area contributed by atoms with E-state index in [4.69, 9.17) is 5.84 Å². The lowest BCUT2D eigenvalue weighted by Crippen LogP contribution is -2.41. The van der Waals surface area contributed by atoms with Crippen LogP contribution in [-0.2, 0) is 10.2 Å². The molecule has 1 aromatic rings. The van der Waals surface area contributed by atoms with Gasteiger partial charge in [-0.25, -0.2) is 5.84 Å². The Morgan fingerprint density at radius 2 is 2.00 bits per heavy atom. The quantitative estimate of drug-likeness (QED) is 0.506. The molecule has 18 heavy (non-hydrogen) atoms. The molecule has 0 atom stereocenters. The number of hydrogen-bond acceptors (Lipinski definition) is 2. The van der Waals surface area contributed by atoms with Gasteiger partial charge in [0.2, 0.25) is 5.91 Å². The van der Waals surface area contributed by atoms with Gasteiger partial charge in [0.1, 0.15) is 0 Å². The second-order valence-corrected chi connectivity index (χ2v) is 5.73. The zero-order chi connectivity index (χ0) is 13.5. The summed E-state index contributed by atoms with van der Waals surface area (Å²) in [6.45, 7) is 6.42. The minimum atomic E-state index is -0.349. The number of aryl methyl sites for hydroxylation is 1. The molecule has 0 aromatic heterocycles. The summed E-state index contributed by atoms with van der Waals surface area (Å²) in [6.07, 6.45) is 1.82. The van der Waals surface area contributed by atoms with Crippen molar-refractivity contribution in [1.29, 1.82) is 0 Å². The zero-order valence-electron chi connectivity index (χ0n) is 11.7. The van der Waals surface area contributed by atoms with Crippen LogP contribution in [0.3, 0.4) is 0 Å². The molecule has 0 heterocycles. The Bertz CT molecular complexity index is 473. The normalized spacial score (nSPS) is 16.8. The lowest BCUT2D eigenvalue weighted by Gasteiger charge is -2.22. The van der Waals surface area contributed by atoms with E-state index in [0.717, 1.165) is 18.4 Å². The van der Waals surface area contributed by atoms with Crippen molar-refractivity contribution in [3.8, 4) is 0 Å². The predicted octanol–water partition coefficient (Wildman–Crippen LogP) is 2.48. The van der Waals surface area contributed by atoms with Gasteiger partial charge < -0.3 is 0 Å². The summed E-state index contributed by atoms with van der Waals surface area (Å²) in [7, 11) is 1.63. The molecule has 3 heteroatoms. The molecule has 2 N–H and O–H groups in total. The molecule has 0 aliphatic heterocycles. The van der Waals surface area contributed by atoms with Gasteiger partial charge in [-0.05, 0) is 42.4 Å². The summed E-state index contributed by atoms with van der Waals surface area (Å²) in [6, 6.07) is 6.46. The number of carbonyl (C=O) groups excluding carboxylic acids is 1. The minimum absolute atomic E-state index is 0.0338. The van der Waals surface area contributed by atoms with E-state index in [1.807, 2.05) is 0 Å². The van der Waals surface area contributed by atoms with Crippen LogP contribution in [0.25, 0.3) is 0 Å². The number of amides is 1. The van der Waals surface area contributed by atoms with Crippen molar-refractivity contribution in [3.05, 3.63) is 34.9 Å². The first-order valence-corrected chi connectivity index (χ1v) is 6.52. The highest BCUT2D eigenvalue weighted by Crippen LogP contribution is 2.50. The number of carbonyl (C=O) groups is 1. The van der Waals surface area contributed by atoms with E-state index in [1.165, 1.54) is 16.1 Å². The van der Waals surface area contributed by atoms with Crippen LogP contribution < -0.4 is 5.84 Å². The molecule has 3 nitrogen and oxygen atoms in total. The van der Waals surface area contributed by atoms with Crippen LogP contribution in [0.4, 0.5) is 0 Å². The maximum atomic E-state index is 12.3. The summed E-state index contributed by atoms with van der Waals surface area (Å²) >= 11 is 0. The van der Waals surface area contributed by atoms with Crippen LogP contribution in [0.5, 0.6) is 0 Å². The van der Waals surface area contributed by atoms with Gasteiger partial charge in [-0.3, -0.25) is 9.80 Å². The summed E-state index contributed by atoms with van der Waals surface area (Å²) in [5.41, 5.74) is 3.29. The lowest BCUT2D eigenvalue weighted by atomic mass is 9.87. The molecule has 0 radical (unpaired) electrons. The first-order valence-electron chi connectivity index (χ1n) is 6.52. The molecule has 98 valence electrons. The number of likely N-dealkylation sites (N-methyl/N-ethyl adjacent to an activating group) is 1. The van der Waals surface area contributed by atoms with Crippen LogP contribution >= 0.6 is 0 Å². The fraction of sp³-hybridized carbons (Fsp3) is 0.533. The molecular weight excluding hydrogens is 224 g/mol. The van der Waals surface area contributed by atoms with Crippen molar-refractivity contribution < 1.29 is 4.79 Å². The van der Waals surface area contributed by atoms with Crippen molar-refractivity contribution in [2.24, 2.45) is 5.84 Å². The second kappa shape index (κ2) is 4.39. The average Bonchev–Trinajstić information content (AvgIpc) is 3.09. The number of hydrogen-bond donors (Lipinski definition) is 1. The molecule has 2 rings (SSSR count). The molecule has 1 aliphatic carbocycles. The van der Waals surface area contributed by atoms with Gasteiger partial charge in [0.15, 0.2) is 0 Å². The number of benzene rings is 1. The molecule has 1 aromatic carbocycles. The smallest absolute Gasteiger partial charge is 0.246 e. The molecule has 0 spiro atoms. The van der Waals surface area contributed by atoms with E-state index in [9.17, 15) is 4.79 Å². The Balaban J connectivity index is 2.45. The number of nitrogens with zero attached hydrogens (tertiary/aromatic N) is 1. The third kappa shape index (κ3) is 2.03. The van der Waals surface area contributed by atoms with Gasteiger partial charge in [-0.2, -0.15) is 0 Å². The SMILES string of the molecule is Cc1ccc(C(C)C)cc1C1(C(=O)N(C)N)CC1. The van der Waals surface area contributed by atoms with E-state index in [-0.39, 0.29) is 11.3 Å². The molecule has 1 amide bonds. The Kier molecular flexibility index (Phi) is 3.20. The van der Waals surface area contributed by atoms with Crippen LogP contribution in [0, 0.1) is 6.92 Å². The second-order valence-electron chi connectivity index (χ2n) is 5.73. The Morgan fingerprint density at radius 3 is 2.44 bits per heavy atom. The van der Waals surface area contributed by atoms with Gasteiger partial charge in [0.25, 0.3) is 0 Å². The van der Waals surface area contributed by atoms with E-state index >= 15 is 0 Å². The molecular formula is C15H22N2O. The van der Waals surface area contributed by atoms with Gasteiger partial charge >= 0.3 is 0 Å². The molecule has 0 unspecified atom stereocenters. The third-order valence-electron chi connectivity index (χ3n) is 3.92. The fourth-order valence-electron chi connectivity index (χ4n) is 2.58. The number of nitrogens with two attached hydrogens (primary N) is 1. The summed E-state index contributed by atoms with van der Waals surface area (Å²) in [5.74, 6) is 6.14. The molecule has 1 fully saturated rings. The van der Waals surface area contributed by atoms with Gasteiger partial charge in [-0.15, -0.1) is 0 Å². The Labute approximate surface area is 109 Å². The van der Waals surface area contributed by atoms with E-state index in [2.05, 4.69) is 39.0 Å². The highest BCUT2D eigenvalue weighted by molar-refractivity contribution is 5.91. The Hall–Kier alpha value is -1.35. The largest absolute Gasteiger partial charge is 0.283 e. The van der Waals surface area contributed by atoms with Gasteiger partial charge in [-0.1, -0.05) is 32.0 Å². The molecule has 0 saturated heterocycles. The van der Waals surface area contributed by atoms with Crippen molar-refractivity contribution >= 4 is 5.91 Å². The molecule has 1 aliphatic rings. The third-order valence-corrected chi connectivity index (χ3v) is 3.92. The van der Waals surface area contributed by atoms with E-state index in [0.29, 0.717) is 5.92 Å². The van der Waals surface area contributed by atoms with Crippen LogP contribution in [0.2, 0.25) is 0 Å². The van der Waals surface area contributed by atoms with Crippen molar-refractivity contribution in [1.82, 2.24) is 5.01 Å². The van der Waals surface area contributed by atoms with Gasteiger partial charge in [0.05, 0.1) is 5.41 Å². The monoisotopic (exact) mass is 246 g/mol. The van der Waals surface area contributed by atoms with Gasteiger partial charge in [0, 0.05) is 7.05 Å².